The highest BCUT2D eigenvalue weighted by atomic mass is 35.5. The summed E-state index contributed by atoms with van der Waals surface area (Å²) in [4.78, 5) is 26.1. The normalized spacial score (nSPS) is 11.5. The first-order valence-electron chi connectivity index (χ1n) is 7.75. The van der Waals surface area contributed by atoms with Crippen LogP contribution in [0.4, 0.5) is 0 Å². The van der Waals surface area contributed by atoms with Crippen molar-refractivity contribution >= 4 is 23.5 Å². The van der Waals surface area contributed by atoms with Gasteiger partial charge in [0, 0.05) is 12.1 Å². The summed E-state index contributed by atoms with van der Waals surface area (Å²) in [5.41, 5.74) is 1.18. The number of ether oxygens (including phenoxy) is 2. The Morgan fingerprint density at radius 1 is 1.16 bits per heavy atom. The lowest BCUT2D eigenvalue weighted by atomic mass is 10.1. The van der Waals surface area contributed by atoms with Gasteiger partial charge in [-0.15, -0.1) is 0 Å². The van der Waals surface area contributed by atoms with Crippen molar-refractivity contribution in [2.45, 2.75) is 13.0 Å². The lowest BCUT2D eigenvalue weighted by Crippen LogP contribution is -2.33. The van der Waals surface area contributed by atoms with E-state index in [0.29, 0.717) is 10.8 Å². The highest BCUT2D eigenvalue weighted by molar-refractivity contribution is 6.31. The zero-order chi connectivity index (χ0) is 18.4. The molecule has 0 heterocycles. The van der Waals surface area contributed by atoms with Gasteiger partial charge in [0.1, 0.15) is 11.3 Å². The quantitative estimate of drug-likeness (QED) is 0.736. The number of amides is 1. The molecule has 2 rings (SSSR count). The fourth-order valence-corrected chi connectivity index (χ4v) is 2.49. The molecule has 5 nitrogen and oxygen atoms in total. The van der Waals surface area contributed by atoms with Crippen LogP contribution in [0.2, 0.25) is 5.02 Å². The lowest BCUT2D eigenvalue weighted by molar-refractivity contribution is -0.135. The molecule has 0 aromatic heterocycles. The molecule has 0 spiro atoms. The molecule has 1 unspecified atom stereocenters. The standard InChI is InChI=1S/C19H20ClNO4/c1-13(14-7-5-4-6-8-14)21(2)18(22)12-25-19(23)16-11-15(20)9-10-17(16)24-3/h4-11,13H,12H2,1-3H3. The molecule has 1 amide bonds. The van der Waals surface area contributed by atoms with Crippen LogP contribution >= 0.6 is 11.6 Å². The first-order chi connectivity index (χ1) is 11.9. The van der Waals surface area contributed by atoms with Gasteiger partial charge in [-0.3, -0.25) is 4.79 Å². The number of esters is 1. The molecule has 0 N–H and O–H groups in total. The van der Waals surface area contributed by atoms with Gasteiger partial charge in [-0.1, -0.05) is 41.9 Å². The maximum Gasteiger partial charge on any atom is 0.342 e. The molecular weight excluding hydrogens is 342 g/mol. The van der Waals surface area contributed by atoms with Crippen molar-refractivity contribution < 1.29 is 19.1 Å². The van der Waals surface area contributed by atoms with E-state index in [2.05, 4.69) is 0 Å². The topological polar surface area (TPSA) is 55.8 Å². The van der Waals surface area contributed by atoms with Crippen molar-refractivity contribution in [3.05, 3.63) is 64.7 Å². The average Bonchev–Trinajstić information content (AvgIpc) is 2.65. The Labute approximate surface area is 152 Å². The number of likely N-dealkylation sites (N-methyl/N-ethyl adjacent to an activating group) is 1. The first-order valence-corrected chi connectivity index (χ1v) is 8.13. The van der Waals surface area contributed by atoms with E-state index >= 15 is 0 Å². The maximum atomic E-state index is 12.3. The number of hydrogen-bond acceptors (Lipinski definition) is 4. The number of halogens is 1. The van der Waals surface area contributed by atoms with Gasteiger partial charge in [0.25, 0.3) is 5.91 Å². The van der Waals surface area contributed by atoms with E-state index in [1.165, 1.54) is 18.1 Å². The van der Waals surface area contributed by atoms with Gasteiger partial charge in [0.15, 0.2) is 6.61 Å². The van der Waals surface area contributed by atoms with E-state index < -0.39 is 5.97 Å². The third kappa shape index (κ3) is 4.73. The number of methoxy groups -OCH3 is 1. The predicted octanol–water partition coefficient (Wildman–Crippen LogP) is 3.73. The minimum absolute atomic E-state index is 0.131. The number of benzene rings is 2. The molecular formula is C19H20ClNO4. The second-order valence-electron chi connectivity index (χ2n) is 5.51. The Hall–Kier alpha value is -2.53. The molecule has 1 atom stereocenters. The molecule has 0 fully saturated rings. The Morgan fingerprint density at radius 2 is 1.84 bits per heavy atom. The highest BCUT2D eigenvalue weighted by Gasteiger charge is 2.20. The molecule has 0 aliphatic carbocycles. The van der Waals surface area contributed by atoms with Crippen LogP contribution in [0.3, 0.4) is 0 Å². The minimum Gasteiger partial charge on any atom is -0.496 e. The number of hydrogen-bond donors (Lipinski definition) is 0. The van der Waals surface area contributed by atoms with Crippen LogP contribution in [-0.2, 0) is 9.53 Å². The molecule has 0 aliphatic heterocycles. The third-order valence-corrected chi connectivity index (χ3v) is 4.20. The SMILES string of the molecule is COc1ccc(Cl)cc1C(=O)OCC(=O)N(C)C(C)c1ccccc1. The first kappa shape index (κ1) is 18.8. The summed E-state index contributed by atoms with van der Waals surface area (Å²) < 4.78 is 10.2. The maximum absolute atomic E-state index is 12.3. The van der Waals surface area contributed by atoms with Gasteiger partial charge in [-0.2, -0.15) is 0 Å². The zero-order valence-electron chi connectivity index (χ0n) is 14.4. The van der Waals surface area contributed by atoms with Gasteiger partial charge in [0.2, 0.25) is 0 Å². The molecule has 0 bridgehead atoms. The summed E-state index contributed by atoms with van der Waals surface area (Å²) in [6.45, 7) is 1.55. The molecule has 25 heavy (non-hydrogen) atoms. The van der Waals surface area contributed by atoms with Crippen molar-refractivity contribution in [3.8, 4) is 5.75 Å². The zero-order valence-corrected chi connectivity index (χ0v) is 15.1. The molecule has 2 aromatic carbocycles. The van der Waals surface area contributed by atoms with Crippen molar-refractivity contribution in [2.75, 3.05) is 20.8 Å². The van der Waals surface area contributed by atoms with Gasteiger partial charge < -0.3 is 14.4 Å². The Kier molecular flexibility index (Phi) is 6.42. The van der Waals surface area contributed by atoms with E-state index in [1.807, 2.05) is 37.3 Å². The van der Waals surface area contributed by atoms with E-state index in [1.54, 1.807) is 19.2 Å². The monoisotopic (exact) mass is 361 g/mol. The third-order valence-electron chi connectivity index (χ3n) is 3.96. The fourth-order valence-electron chi connectivity index (χ4n) is 2.32. The number of rotatable bonds is 6. The van der Waals surface area contributed by atoms with Crippen molar-refractivity contribution in [1.82, 2.24) is 4.90 Å². The number of carbonyl (C=O) groups is 2. The average molecular weight is 362 g/mol. The Balaban J connectivity index is 1.99. The summed E-state index contributed by atoms with van der Waals surface area (Å²) in [7, 11) is 3.12. The summed E-state index contributed by atoms with van der Waals surface area (Å²) in [5.74, 6) is -0.619. The molecule has 0 aliphatic rings. The van der Waals surface area contributed by atoms with Crippen LogP contribution in [0.5, 0.6) is 5.75 Å². The molecule has 6 heteroatoms. The Bertz CT molecular complexity index is 748. The minimum atomic E-state index is -0.659. The molecule has 0 saturated carbocycles. The van der Waals surface area contributed by atoms with Gasteiger partial charge in [0.05, 0.1) is 13.2 Å². The second-order valence-corrected chi connectivity index (χ2v) is 5.95. The highest BCUT2D eigenvalue weighted by Crippen LogP contribution is 2.23. The van der Waals surface area contributed by atoms with Crippen molar-refractivity contribution in [3.63, 3.8) is 0 Å². The fraction of sp³-hybridized carbons (Fsp3) is 0.263. The van der Waals surface area contributed by atoms with Crippen LogP contribution in [0.15, 0.2) is 48.5 Å². The summed E-state index contributed by atoms with van der Waals surface area (Å²) in [6, 6.07) is 14.1. The Morgan fingerprint density at radius 3 is 2.48 bits per heavy atom. The van der Waals surface area contributed by atoms with Crippen LogP contribution < -0.4 is 4.74 Å². The second kappa shape index (κ2) is 8.53. The van der Waals surface area contributed by atoms with Crippen LogP contribution in [-0.4, -0.2) is 37.5 Å². The van der Waals surface area contributed by atoms with Crippen molar-refractivity contribution in [1.29, 1.82) is 0 Å². The molecule has 0 radical (unpaired) electrons. The van der Waals surface area contributed by atoms with Crippen LogP contribution in [0.25, 0.3) is 0 Å². The largest absolute Gasteiger partial charge is 0.496 e. The van der Waals surface area contributed by atoms with E-state index in [-0.39, 0.29) is 24.1 Å². The van der Waals surface area contributed by atoms with Crippen molar-refractivity contribution in [2.24, 2.45) is 0 Å². The molecule has 2 aromatic rings. The van der Waals surface area contributed by atoms with Gasteiger partial charge in [-0.05, 0) is 30.7 Å². The summed E-state index contributed by atoms with van der Waals surface area (Å²) >= 11 is 5.90. The summed E-state index contributed by atoms with van der Waals surface area (Å²) in [5, 5.41) is 0.383. The van der Waals surface area contributed by atoms with Gasteiger partial charge in [-0.25, -0.2) is 4.79 Å². The predicted molar refractivity (Wildman–Crippen MR) is 95.9 cm³/mol. The molecule has 132 valence electrons. The van der Waals surface area contributed by atoms with Crippen LogP contribution in [0, 0.1) is 0 Å². The van der Waals surface area contributed by atoms with E-state index in [4.69, 9.17) is 21.1 Å². The number of carbonyl (C=O) groups excluding carboxylic acids is 2. The van der Waals surface area contributed by atoms with E-state index in [0.717, 1.165) is 5.56 Å². The lowest BCUT2D eigenvalue weighted by Gasteiger charge is -2.25. The summed E-state index contributed by atoms with van der Waals surface area (Å²) in [6.07, 6.45) is 0. The smallest absolute Gasteiger partial charge is 0.342 e. The van der Waals surface area contributed by atoms with E-state index in [9.17, 15) is 9.59 Å². The molecule has 0 saturated heterocycles. The number of nitrogens with zero attached hydrogens (tertiary/aromatic N) is 1. The van der Waals surface area contributed by atoms with Gasteiger partial charge >= 0.3 is 5.97 Å². The van der Waals surface area contributed by atoms with Crippen LogP contribution in [0.1, 0.15) is 28.9 Å².